The highest BCUT2D eigenvalue weighted by Crippen LogP contribution is 2.34. The lowest BCUT2D eigenvalue weighted by Gasteiger charge is -2.18. The van der Waals surface area contributed by atoms with E-state index in [0.717, 1.165) is 28.1 Å². The molecule has 0 spiro atoms. The lowest BCUT2D eigenvalue weighted by molar-refractivity contribution is -0.117. The van der Waals surface area contributed by atoms with E-state index in [0.29, 0.717) is 31.1 Å². The maximum absolute atomic E-state index is 12.7. The number of carbonyl (C=O) groups is 1. The summed E-state index contributed by atoms with van der Waals surface area (Å²) in [4.78, 5) is 19.4. The average molecular weight is 384 g/mol. The summed E-state index contributed by atoms with van der Waals surface area (Å²) in [5, 5.41) is 0.677. The van der Waals surface area contributed by atoms with Crippen LogP contribution >= 0.6 is 11.6 Å². The molecule has 2 aromatic carbocycles. The number of rotatable bonds is 5. The van der Waals surface area contributed by atoms with Gasteiger partial charge in [-0.15, -0.1) is 0 Å². The maximum atomic E-state index is 12.7. The summed E-state index contributed by atoms with van der Waals surface area (Å²) in [6.45, 7) is 3.88. The number of fused-ring (bicyclic) bond motifs is 1. The molecule has 0 aliphatic carbocycles. The van der Waals surface area contributed by atoms with Gasteiger partial charge >= 0.3 is 0 Å². The van der Waals surface area contributed by atoms with Gasteiger partial charge in [-0.05, 0) is 36.8 Å². The molecular weight excluding hydrogens is 362 g/mol. The minimum Gasteiger partial charge on any atom is -0.383 e. The number of aromatic nitrogens is 2. The predicted octanol–water partition coefficient (Wildman–Crippen LogP) is 4.17. The first-order chi connectivity index (χ1) is 13.1. The fourth-order valence-electron chi connectivity index (χ4n) is 3.70. The van der Waals surface area contributed by atoms with Gasteiger partial charge in [-0.2, -0.15) is 0 Å². The first-order valence-corrected chi connectivity index (χ1v) is 9.47. The van der Waals surface area contributed by atoms with Crippen molar-refractivity contribution in [3.05, 3.63) is 58.9 Å². The highest BCUT2D eigenvalue weighted by molar-refractivity contribution is 6.31. The lowest BCUT2D eigenvalue weighted by Crippen LogP contribution is -2.24. The summed E-state index contributed by atoms with van der Waals surface area (Å²) >= 11 is 6.26. The molecule has 1 aliphatic rings. The Hall–Kier alpha value is -2.37. The number of anilines is 1. The first kappa shape index (κ1) is 18.0. The second-order valence-corrected chi connectivity index (χ2v) is 7.35. The number of ether oxygens (including phenoxy) is 1. The maximum Gasteiger partial charge on any atom is 0.227 e. The number of carbonyl (C=O) groups excluding carboxylic acids is 1. The van der Waals surface area contributed by atoms with Crippen LogP contribution < -0.4 is 4.90 Å². The van der Waals surface area contributed by atoms with Gasteiger partial charge in [-0.25, -0.2) is 4.98 Å². The SMILES string of the molecule is COCCn1c([C@@H]2CC(=O)N(c3ccc(C)c(Cl)c3)C2)nc2ccccc21. The zero-order valence-corrected chi connectivity index (χ0v) is 16.2. The summed E-state index contributed by atoms with van der Waals surface area (Å²) in [5.41, 5.74) is 3.88. The van der Waals surface area contributed by atoms with Gasteiger partial charge in [0.1, 0.15) is 5.82 Å². The van der Waals surface area contributed by atoms with E-state index < -0.39 is 0 Å². The van der Waals surface area contributed by atoms with Crippen molar-refractivity contribution in [2.75, 3.05) is 25.2 Å². The van der Waals surface area contributed by atoms with Gasteiger partial charge in [-0.1, -0.05) is 29.8 Å². The molecule has 0 N–H and O–H groups in total. The molecule has 0 unspecified atom stereocenters. The molecule has 0 saturated carbocycles. The van der Waals surface area contributed by atoms with Crippen molar-refractivity contribution in [3.8, 4) is 0 Å². The van der Waals surface area contributed by atoms with E-state index >= 15 is 0 Å². The van der Waals surface area contributed by atoms with Gasteiger partial charge in [0.2, 0.25) is 5.91 Å². The van der Waals surface area contributed by atoms with Crippen LogP contribution in [0.2, 0.25) is 5.02 Å². The van der Waals surface area contributed by atoms with Crippen molar-refractivity contribution in [2.24, 2.45) is 0 Å². The Kier molecular flexibility index (Phi) is 4.89. The van der Waals surface area contributed by atoms with Crippen LogP contribution in [0.3, 0.4) is 0 Å². The highest BCUT2D eigenvalue weighted by Gasteiger charge is 2.34. The Morgan fingerprint density at radius 2 is 2.07 bits per heavy atom. The van der Waals surface area contributed by atoms with Gasteiger partial charge in [0, 0.05) is 43.2 Å². The summed E-state index contributed by atoms with van der Waals surface area (Å²) in [6, 6.07) is 13.8. The second-order valence-electron chi connectivity index (χ2n) is 6.94. The molecule has 0 radical (unpaired) electrons. The number of hydrogen-bond donors (Lipinski definition) is 0. The molecule has 1 atom stereocenters. The van der Waals surface area contributed by atoms with Gasteiger partial charge in [0.15, 0.2) is 0 Å². The van der Waals surface area contributed by atoms with Crippen molar-refractivity contribution in [2.45, 2.75) is 25.8 Å². The average Bonchev–Trinajstić information content (AvgIpc) is 3.23. The fourth-order valence-corrected chi connectivity index (χ4v) is 3.88. The zero-order chi connectivity index (χ0) is 19.0. The number of imidazole rings is 1. The van der Waals surface area contributed by atoms with Crippen molar-refractivity contribution < 1.29 is 9.53 Å². The number of methoxy groups -OCH3 is 1. The quantitative estimate of drug-likeness (QED) is 0.664. The molecule has 2 heterocycles. The molecule has 1 saturated heterocycles. The molecular formula is C21H22ClN3O2. The Morgan fingerprint density at radius 1 is 1.26 bits per heavy atom. The molecule has 1 aliphatic heterocycles. The lowest BCUT2D eigenvalue weighted by atomic mass is 10.1. The van der Waals surface area contributed by atoms with Crippen LogP contribution in [-0.2, 0) is 16.1 Å². The Balaban J connectivity index is 1.68. The molecule has 1 fully saturated rings. The number of nitrogens with zero attached hydrogens (tertiary/aromatic N) is 3. The number of para-hydroxylation sites is 2. The largest absolute Gasteiger partial charge is 0.383 e. The third kappa shape index (κ3) is 3.33. The van der Waals surface area contributed by atoms with E-state index in [1.165, 1.54) is 0 Å². The summed E-state index contributed by atoms with van der Waals surface area (Å²) < 4.78 is 7.46. The molecule has 1 aromatic heterocycles. The van der Waals surface area contributed by atoms with Gasteiger partial charge in [0.05, 0.1) is 17.6 Å². The molecule has 0 bridgehead atoms. The highest BCUT2D eigenvalue weighted by atomic mass is 35.5. The van der Waals surface area contributed by atoms with Crippen molar-refractivity contribution in [3.63, 3.8) is 0 Å². The van der Waals surface area contributed by atoms with Crippen LogP contribution in [0.1, 0.15) is 23.7 Å². The van der Waals surface area contributed by atoms with E-state index in [1.54, 1.807) is 7.11 Å². The van der Waals surface area contributed by atoms with E-state index in [9.17, 15) is 4.79 Å². The molecule has 6 heteroatoms. The minimum absolute atomic E-state index is 0.0434. The standard InChI is InChI=1S/C21H22ClN3O2/c1-14-7-8-16(12-17(14)22)25-13-15(11-20(25)26)21-23-18-5-3-4-6-19(18)24(21)9-10-27-2/h3-8,12,15H,9-11,13H2,1-2H3/t15-/m1/s1. The molecule has 4 rings (SSSR count). The first-order valence-electron chi connectivity index (χ1n) is 9.09. The number of amides is 1. The molecule has 5 nitrogen and oxygen atoms in total. The Labute approximate surface area is 163 Å². The second kappa shape index (κ2) is 7.33. The number of halogens is 1. The smallest absolute Gasteiger partial charge is 0.227 e. The van der Waals surface area contributed by atoms with E-state index in [-0.39, 0.29) is 11.8 Å². The number of benzene rings is 2. The third-order valence-corrected chi connectivity index (χ3v) is 5.57. The summed E-state index contributed by atoms with van der Waals surface area (Å²) in [7, 11) is 1.70. The van der Waals surface area contributed by atoms with E-state index in [2.05, 4.69) is 10.6 Å². The Morgan fingerprint density at radius 3 is 2.85 bits per heavy atom. The molecule has 27 heavy (non-hydrogen) atoms. The summed E-state index contributed by atoms with van der Waals surface area (Å²) in [5.74, 6) is 1.09. The molecule has 3 aromatic rings. The Bertz CT molecular complexity index is 998. The van der Waals surface area contributed by atoms with E-state index in [4.69, 9.17) is 21.3 Å². The monoisotopic (exact) mass is 383 g/mol. The van der Waals surface area contributed by atoms with Gasteiger partial charge in [0.25, 0.3) is 0 Å². The summed E-state index contributed by atoms with van der Waals surface area (Å²) in [6.07, 6.45) is 0.446. The van der Waals surface area contributed by atoms with Crippen LogP contribution in [-0.4, -0.2) is 35.7 Å². The molecule has 140 valence electrons. The van der Waals surface area contributed by atoms with Crippen molar-refractivity contribution in [1.82, 2.24) is 9.55 Å². The fraction of sp³-hybridized carbons (Fsp3) is 0.333. The van der Waals surface area contributed by atoms with Crippen LogP contribution in [0.25, 0.3) is 11.0 Å². The number of hydrogen-bond acceptors (Lipinski definition) is 3. The van der Waals surface area contributed by atoms with E-state index in [1.807, 2.05) is 48.2 Å². The van der Waals surface area contributed by atoms with Crippen LogP contribution in [0, 0.1) is 6.92 Å². The predicted molar refractivity (Wildman–Crippen MR) is 108 cm³/mol. The third-order valence-electron chi connectivity index (χ3n) is 5.16. The minimum atomic E-state index is 0.0434. The molecule has 1 amide bonds. The van der Waals surface area contributed by atoms with Crippen LogP contribution in [0.15, 0.2) is 42.5 Å². The zero-order valence-electron chi connectivity index (χ0n) is 15.5. The van der Waals surface area contributed by atoms with Gasteiger partial charge < -0.3 is 14.2 Å². The topological polar surface area (TPSA) is 47.4 Å². The van der Waals surface area contributed by atoms with Crippen LogP contribution in [0.4, 0.5) is 5.69 Å². The van der Waals surface area contributed by atoms with Crippen molar-refractivity contribution >= 4 is 34.2 Å². The number of aryl methyl sites for hydroxylation is 1. The normalized spacial score (nSPS) is 17.2. The van der Waals surface area contributed by atoms with Gasteiger partial charge in [-0.3, -0.25) is 4.79 Å². The van der Waals surface area contributed by atoms with Crippen molar-refractivity contribution in [1.29, 1.82) is 0 Å². The van der Waals surface area contributed by atoms with Crippen LogP contribution in [0.5, 0.6) is 0 Å².